The summed E-state index contributed by atoms with van der Waals surface area (Å²) in [7, 11) is 4.22. The van der Waals surface area contributed by atoms with Crippen molar-refractivity contribution >= 4 is 17.3 Å². The van der Waals surface area contributed by atoms with Gasteiger partial charge in [0.25, 0.3) is 0 Å². The van der Waals surface area contributed by atoms with E-state index in [1.165, 1.54) is 17.0 Å². The van der Waals surface area contributed by atoms with Crippen LogP contribution in [0.15, 0.2) is 30.5 Å². The van der Waals surface area contributed by atoms with Crippen molar-refractivity contribution in [2.75, 3.05) is 60.0 Å². The third-order valence-corrected chi connectivity index (χ3v) is 7.23. The minimum absolute atomic E-state index is 0.0446. The Labute approximate surface area is 203 Å². The first-order valence-corrected chi connectivity index (χ1v) is 12.5. The summed E-state index contributed by atoms with van der Waals surface area (Å²) in [5, 5.41) is 4.40. The lowest BCUT2D eigenvalue weighted by molar-refractivity contribution is 0.0369. The molecule has 0 saturated carbocycles. The quantitative estimate of drug-likeness (QED) is 0.566. The molecule has 2 aliphatic rings. The van der Waals surface area contributed by atoms with Crippen molar-refractivity contribution < 1.29 is 4.74 Å². The predicted octanol–water partition coefficient (Wildman–Crippen LogP) is 2.76. The van der Waals surface area contributed by atoms with E-state index in [0.717, 1.165) is 69.7 Å². The van der Waals surface area contributed by atoms with Gasteiger partial charge in [-0.25, -0.2) is 0 Å². The van der Waals surface area contributed by atoms with Gasteiger partial charge in [0.15, 0.2) is 5.11 Å². The van der Waals surface area contributed by atoms with Gasteiger partial charge < -0.3 is 24.4 Å². The third kappa shape index (κ3) is 5.57. The van der Waals surface area contributed by atoms with Crippen molar-refractivity contribution in [2.24, 2.45) is 0 Å². The molecule has 180 valence electrons. The lowest BCUT2D eigenvalue weighted by atomic mass is 9.97. The number of nitrogens with zero attached hydrogens (tertiary/aromatic N) is 5. The fraction of sp³-hybridized carbons (Fsp3) is 0.600. The second-order valence-electron chi connectivity index (χ2n) is 9.41. The van der Waals surface area contributed by atoms with E-state index in [9.17, 15) is 0 Å². The second-order valence-corrected chi connectivity index (χ2v) is 9.80. The molecule has 7 nitrogen and oxygen atoms in total. The zero-order chi connectivity index (χ0) is 23.4. The Kier molecular flexibility index (Phi) is 8.01. The highest BCUT2D eigenvalue weighted by molar-refractivity contribution is 7.80. The Morgan fingerprint density at radius 2 is 1.94 bits per heavy atom. The molecule has 0 amide bonds. The molecule has 0 unspecified atom stereocenters. The first-order valence-electron chi connectivity index (χ1n) is 12.0. The topological polar surface area (TPSA) is 48.8 Å². The van der Waals surface area contributed by atoms with Crippen molar-refractivity contribution in [3.63, 3.8) is 0 Å². The second kappa shape index (κ2) is 11.0. The summed E-state index contributed by atoms with van der Waals surface area (Å²) in [5.41, 5.74) is 5.03. The summed E-state index contributed by atoms with van der Waals surface area (Å²) in [4.78, 5) is 11.8. The number of ether oxygens (including phenoxy) is 1. The van der Waals surface area contributed by atoms with Gasteiger partial charge in [-0.3, -0.25) is 9.88 Å². The number of hydrogen-bond donors (Lipinski definition) is 1. The molecule has 2 fully saturated rings. The molecular weight excluding hydrogens is 432 g/mol. The van der Waals surface area contributed by atoms with Gasteiger partial charge in [-0.05, 0) is 70.3 Å². The molecule has 4 heterocycles. The Morgan fingerprint density at radius 3 is 2.64 bits per heavy atom. The first kappa shape index (κ1) is 24.1. The Morgan fingerprint density at radius 1 is 1.15 bits per heavy atom. The number of hydrogen-bond acceptors (Lipinski definition) is 5. The lowest BCUT2D eigenvalue weighted by Crippen LogP contribution is -2.37. The standard InChI is InChI=1S/C25H38N6OS/c1-19-18-21(20(2)30(19)11-7-10-29-14-16-32-17-15-29)24-23(22-8-5-6-9-26-22)27-25(33)31(24)13-12-28(3)4/h5-6,8-9,18,23-24H,7,10-17H2,1-4H3,(H,27,33)/t23-,24+/m0/s1. The van der Waals surface area contributed by atoms with Crippen LogP contribution in [0.4, 0.5) is 0 Å². The normalized spacial score (nSPS) is 21.7. The minimum atomic E-state index is 0.0446. The van der Waals surface area contributed by atoms with Gasteiger partial charge in [-0.2, -0.15) is 0 Å². The average molecular weight is 471 g/mol. The fourth-order valence-corrected chi connectivity index (χ4v) is 5.37. The Balaban J connectivity index is 1.57. The fourth-order valence-electron chi connectivity index (χ4n) is 5.04. The lowest BCUT2D eigenvalue weighted by Gasteiger charge is -2.29. The van der Waals surface area contributed by atoms with Gasteiger partial charge in [0.1, 0.15) is 0 Å². The van der Waals surface area contributed by atoms with Gasteiger partial charge in [0.2, 0.25) is 0 Å². The smallest absolute Gasteiger partial charge is 0.170 e. The van der Waals surface area contributed by atoms with Crippen LogP contribution in [0, 0.1) is 13.8 Å². The largest absolute Gasteiger partial charge is 0.379 e. The van der Waals surface area contributed by atoms with E-state index in [1.807, 2.05) is 12.3 Å². The van der Waals surface area contributed by atoms with Crippen LogP contribution in [-0.2, 0) is 11.3 Å². The number of nitrogens with one attached hydrogen (secondary N) is 1. The average Bonchev–Trinajstić information content (AvgIpc) is 3.29. The van der Waals surface area contributed by atoms with Crippen molar-refractivity contribution in [1.82, 2.24) is 29.6 Å². The highest BCUT2D eigenvalue weighted by Crippen LogP contribution is 2.40. The molecule has 8 heteroatoms. The van der Waals surface area contributed by atoms with Crippen molar-refractivity contribution in [3.05, 3.63) is 53.1 Å². The first-order chi connectivity index (χ1) is 16.0. The van der Waals surface area contributed by atoms with Crippen LogP contribution in [0.2, 0.25) is 0 Å². The summed E-state index contributed by atoms with van der Waals surface area (Å²) in [6.07, 6.45) is 3.01. The van der Waals surface area contributed by atoms with E-state index < -0.39 is 0 Å². The molecule has 2 saturated heterocycles. The van der Waals surface area contributed by atoms with E-state index in [-0.39, 0.29) is 12.1 Å². The summed E-state index contributed by atoms with van der Waals surface area (Å²) in [5.74, 6) is 0. The predicted molar refractivity (Wildman–Crippen MR) is 136 cm³/mol. The summed E-state index contributed by atoms with van der Waals surface area (Å²) >= 11 is 5.82. The van der Waals surface area contributed by atoms with E-state index in [0.29, 0.717) is 0 Å². The molecule has 2 atom stereocenters. The molecule has 0 spiro atoms. The molecule has 2 aromatic rings. The number of rotatable bonds is 9. The zero-order valence-electron chi connectivity index (χ0n) is 20.5. The van der Waals surface area contributed by atoms with Gasteiger partial charge in [-0.1, -0.05) is 6.07 Å². The summed E-state index contributed by atoms with van der Waals surface area (Å²) in [6.45, 7) is 12.3. The number of thiocarbonyl (C=S) groups is 1. The van der Waals surface area contributed by atoms with Gasteiger partial charge in [0, 0.05) is 56.9 Å². The Hall–Kier alpha value is -2.00. The van der Waals surface area contributed by atoms with Crippen molar-refractivity contribution in [3.8, 4) is 0 Å². The molecule has 1 N–H and O–H groups in total. The number of morpholine rings is 1. The third-order valence-electron chi connectivity index (χ3n) is 6.88. The van der Waals surface area contributed by atoms with Crippen molar-refractivity contribution in [2.45, 2.75) is 38.9 Å². The highest BCUT2D eigenvalue weighted by Gasteiger charge is 2.41. The molecular formula is C25H38N6OS. The molecule has 33 heavy (non-hydrogen) atoms. The Bertz CT molecular complexity index is 924. The van der Waals surface area contributed by atoms with E-state index >= 15 is 0 Å². The summed E-state index contributed by atoms with van der Waals surface area (Å²) in [6, 6.07) is 8.67. The van der Waals surface area contributed by atoms with Crippen LogP contribution in [0.5, 0.6) is 0 Å². The number of aromatic nitrogens is 2. The van der Waals surface area contributed by atoms with Crippen LogP contribution in [0.1, 0.15) is 41.1 Å². The van der Waals surface area contributed by atoms with E-state index in [4.69, 9.17) is 17.0 Å². The maximum Gasteiger partial charge on any atom is 0.170 e. The SMILES string of the molecule is Cc1cc([C@@H]2[C@H](c3ccccn3)NC(=S)N2CCN(C)C)c(C)n1CCCN1CCOCC1. The number of likely N-dealkylation sites (N-methyl/N-ethyl adjacent to an activating group) is 1. The van der Waals surface area contributed by atoms with Crippen LogP contribution in [-0.4, -0.2) is 89.4 Å². The molecule has 0 aliphatic carbocycles. The van der Waals surface area contributed by atoms with E-state index in [1.54, 1.807) is 0 Å². The van der Waals surface area contributed by atoms with Crippen LogP contribution >= 0.6 is 12.2 Å². The molecule has 0 bridgehead atoms. The maximum absolute atomic E-state index is 5.82. The molecule has 0 radical (unpaired) electrons. The van der Waals surface area contributed by atoms with Crippen LogP contribution in [0.3, 0.4) is 0 Å². The monoisotopic (exact) mass is 470 g/mol. The molecule has 0 aromatic carbocycles. The number of pyridine rings is 1. The molecule has 4 rings (SSSR count). The summed E-state index contributed by atoms with van der Waals surface area (Å²) < 4.78 is 7.97. The molecule has 2 aromatic heterocycles. The van der Waals surface area contributed by atoms with Gasteiger partial charge >= 0.3 is 0 Å². The molecule has 2 aliphatic heterocycles. The minimum Gasteiger partial charge on any atom is -0.379 e. The van der Waals surface area contributed by atoms with Gasteiger partial charge in [0.05, 0.1) is 31.0 Å². The van der Waals surface area contributed by atoms with Crippen molar-refractivity contribution in [1.29, 1.82) is 0 Å². The van der Waals surface area contributed by atoms with Gasteiger partial charge in [-0.15, -0.1) is 0 Å². The van der Waals surface area contributed by atoms with Crippen LogP contribution < -0.4 is 5.32 Å². The maximum atomic E-state index is 5.82. The number of aryl methyl sites for hydroxylation is 1. The van der Waals surface area contributed by atoms with Crippen LogP contribution in [0.25, 0.3) is 0 Å². The zero-order valence-corrected chi connectivity index (χ0v) is 21.3. The highest BCUT2D eigenvalue weighted by atomic mass is 32.1. The van der Waals surface area contributed by atoms with E-state index in [2.05, 4.69) is 75.7 Å².